The molecule has 1 aromatic rings. The second-order valence-corrected chi connectivity index (χ2v) is 3.45. The van der Waals surface area contributed by atoms with Crippen LogP contribution in [-0.2, 0) is 4.79 Å². The minimum Gasteiger partial charge on any atom is -0.324 e. The van der Waals surface area contributed by atoms with Gasteiger partial charge in [0.1, 0.15) is 5.82 Å². The summed E-state index contributed by atoms with van der Waals surface area (Å²) in [7, 11) is 0. The SMILES string of the molecule is Cc1ccc(NC(=O)CCS)c(F)c1. The number of aryl methyl sites for hydroxylation is 1. The average Bonchev–Trinajstić information content (AvgIpc) is 2.10. The minimum absolute atomic E-state index is 0.220. The normalized spacial score (nSPS) is 9.93. The van der Waals surface area contributed by atoms with E-state index in [-0.39, 0.29) is 18.0 Å². The zero-order chi connectivity index (χ0) is 10.6. The molecule has 0 fully saturated rings. The molecular formula is C10H12FNOS. The first-order valence-corrected chi connectivity index (χ1v) is 4.93. The predicted octanol–water partition coefficient (Wildman–Crippen LogP) is 2.39. The molecule has 0 aromatic heterocycles. The molecule has 14 heavy (non-hydrogen) atoms. The Bertz CT molecular complexity index is 341. The largest absolute Gasteiger partial charge is 0.324 e. The van der Waals surface area contributed by atoms with Gasteiger partial charge in [0.2, 0.25) is 5.91 Å². The van der Waals surface area contributed by atoms with Gasteiger partial charge in [0.25, 0.3) is 0 Å². The number of benzene rings is 1. The van der Waals surface area contributed by atoms with E-state index in [0.29, 0.717) is 5.75 Å². The van der Waals surface area contributed by atoms with Crippen molar-refractivity contribution in [3.05, 3.63) is 29.6 Å². The van der Waals surface area contributed by atoms with Gasteiger partial charge in [0.15, 0.2) is 0 Å². The fraction of sp³-hybridized carbons (Fsp3) is 0.300. The molecule has 0 saturated carbocycles. The number of rotatable bonds is 3. The molecule has 0 unspecified atom stereocenters. The van der Waals surface area contributed by atoms with Crippen LogP contribution >= 0.6 is 12.6 Å². The first-order valence-electron chi connectivity index (χ1n) is 4.30. The van der Waals surface area contributed by atoms with Gasteiger partial charge in [0.05, 0.1) is 5.69 Å². The molecule has 0 saturated heterocycles. The van der Waals surface area contributed by atoms with Crippen molar-refractivity contribution >= 4 is 24.2 Å². The lowest BCUT2D eigenvalue weighted by atomic mass is 10.2. The van der Waals surface area contributed by atoms with Crippen molar-refractivity contribution in [2.45, 2.75) is 13.3 Å². The van der Waals surface area contributed by atoms with E-state index in [2.05, 4.69) is 17.9 Å². The highest BCUT2D eigenvalue weighted by Gasteiger charge is 2.05. The van der Waals surface area contributed by atoms with Crippen molar-refractivity contribution in [2.75, 3.05) is 11.1 Å². The van der Waals surface area contributed by atoms with Gasteiger partial charge >= 0.3 is 0 Å². The molecule has 4 heteroatoms. The van der Waals surface area contributed by atoms with Crippen LogP contribution in [0.4, 0.5) is 10.1 Å². The van der Waals surface area contributed by atoms with Gasteiger partial charge < -0.3 is 5.32 Å². The van der Waals surface area contributed by atoms with Gasteiger partial charge in [-0.2, -0.15) is 12.6 Å². The van der Waals surface area contributed by atoms with Crippen LogP contribution in [0.2, 0.25) is 0 Å². The second kappa shape index (κ2) is 5.00. The van der Waals surface area contributed by atoms with E-state index < -0.39 is 5.82 Å². The molecule has 0 bridgehead atoms. The van der Waals surface area contributed by atoms with Crippen LogP contribution in [-0.4, -0.2) is 11.7 Å². The number of carbonyl (C=O) groups excluding carboxylic acids is 1. The van der Waals surface area contributed by atoms with Gasteiger partial charge in [0, 0.05) is 6.42 Å². The second-order valence-electron chi connectivity index (χ2n) is 3.01. The summed E-state index contributed by atoms with van der Waals surface area (Å²) in [5, 5.41) is 2.48. The van der Waals surface area contributed by atoms with Crippen molar-refractivity contribution in [2.24, 2.45) is 0 Å². The van der Waals surface area contributed by atoms with Gasteiger partial charge in [-0.05, 0) is 30.4 Å². The van der Waals surface area contributed by atoms with Crippen molar-refractivity contribution in [3.63, 3.8) is 0 Å². The van der Waals surface area contributed by atoms with Crippen molar-refractivity contribution in [3.8, 4) is 0 Å². The molecular weight excluding hydrogens is 201 g/mol. The molecule has 2 nitrogen and oxygen atoms in total. The summed E-state index contributed by atoms with van der Waals surface area (Å²) >= 11 is 3.91. The summed E-state index contributed by atoms with van der Waals surface area (Å²) in [6.07, 6.45) is 0.288. The van der Waals surface area contributed by atoms with Crippen molar-refractivity contribution < 1.29 is 9.18 Å². The van der Waals surface area contributed by atoms with Crippen molar-refractivity contribution in [1.29, 1.82) is 0 Å². The lowest BCUT2D eigenvalue weighted by molar-refractivity contribution is -0.115. The van der Waals surface area contributed by atoms with Crippen LogP contribution in [0.15, 0.2) is 18.2 Å². The van der Waals surface area contributed by atoms with Crippen LogP contribution < -0.4 is 5.32 Å². The van der Waals surface area contributed by atoms with E-state index in [1.807, 2.05) is 0 Å². The Labute approximate surface area is 87.9 Å². The monoisotopic (exact) mass is 213 g/mol. The van der Waals surface area contributed by atoms with E-state index in [9.17, 15) is 9.18 Å². The molecule has 0 aliphatic heterocycles. The quantitative estimate of drug-likeness (QED) is 0.742. The standard InChI is InChI=1S/C10H12FNOS/c1-7-2-3-9(8(11)6-7)12-10(13)4-5-14/h2-3,6,14H,4-5H2,1H3,(H,12,13). The lowest BCUT2D eigenvalue weighted by Gasteiger charge is -2.05. The zero-order valence-electron chi connectivity index (χ0n) is 7.88. The maximum absolute atomic E-state index is 13.2. The van der Waals surface area contributed by atoms with E-state index in [1.54, 1.807) is 19.1 Å². The molecule has 0 atom stereocenters. The number of anilines is 1. The fourth-order valence-corrected chi connectivity index (χ4v) is 1.24. The van der Waals surface area contributed by atoms with E-state index >= 15 is 0 Å². The highest BCUT2D eigenvalue weighted by Crippen LogP contribution is 2.15. The topological polar surface area (TPSA) is 29.1 Å². The van der Waals surface area contributed by atoms with E-state index in [1.165, 1.54) is 6.07 Å². The van der Waals surface area contributed by atoms with Gasteiger partial charge in [-0.25, -0.2) is 4.39 Å². The Morgan fingerprint density at radius 2 is 2.29 bits per heavy atom. The molecule has 1 amide bonds. The highest BCUT2D eigenvalue weighted by molar-refractivity contribution is 7.80. The Kier molecular flexibility index (Phi) is 3.95. The predicted molar refractivity (Wildman–Crippen MR) is 58.2 cm³/mol. The first kappa shape index (κ1) is 11.0. The first-order chi connectivity index (χ1) is 6.63. The summed E-state index contributed by atoms with van der Waals surface area (Å²) < 4.78 is 13.2. The summed E-state index contributed by atoms with van der Waals surface area (Å²) in [5.74, 6) is -0.167. The number of nitrogens with one attached hydrogen (secondary N) is 1. The van der Waals surface area contributed by atoms with Crippen LogP contribution in [0.25, 0.3) is 0 Å². The molecule has 0 spiro atoms. The third-order valence-electron chi connectivity index (χ3n) is 1.74. The molecule has 1 aromatic carbocycles. The molecule has 0 aliphatic rings. The third kappa shape index (κ3) is 3.03. The molecule has 1 N–H and O–H groups in total. The fourth-order valence-electron chi connectivity index (χ4n) is 1.04. The van der Waals surface area contributed by atoms with E-state index in [4.69, 9.17) is 0 Å². The summed E-state index contributed by atoms with van der Waals surface area (Å²) in [4.78, 5) is 11.1. The molecule has 0 radical (unpaired) electrons. The number of carbonyl (C=O) groups is 1. The number of hydrogen-bond donors (Lipinski definition) is 2. The Hall–Kier alpha value is -1.03. The number of thiol groups is 1. The smallest absolute Gasteiger partial charge is 0.225 e. The number of hydrogen-bond acceptors (Lipinski definition) is 2. The van der Waals surface area contributed by atoms with Crippen LogP contribution in [0.5, 0.6) is 0 Å². The average molecular weight is 213 g/mol. The summed E-state index contributed by atoms with van der Waals surface area (Å²) in [6, 6.07) is 4.69. The van der Waals surface area contributed by atoms with Gasteiger partial charge in [-0.15, -0.1) is 0 Å². The van der Waals surface area contributed by atoms with E-state index in [0.717, 1.165) is 5.56 Å². The number of halogens is 1. The third-order valence-corrected chi connectivity index (χ3v) is 1.96. The summed E-state index contributed by atoms with van der Waals surface area (Å²) in [5.41, 5.74) is 1.05. The lowest BCUT2D eigenvalue weighted by Crippen LogP contribution is -2.12. The minimum atomic E-state index is -0.405. The van der Waals surface area contributed by atoms with Crippen LogP contribution in [0.1, 0.15) is 12.0 Å². The van der Waals surface area contributed by atoms with Crippen molar-refractivity contribution in [1.82, 2.24) is 0 Å². The maximum Gasteiger partial charge on any atom is 0.225 e. The molecule has 0 heterocycles. The molecule has 76 valence electrons. The zero-order valence-corrected chi connectivity index (χ0v) is 8.77. The van der Waals surface area contributed by atoms with Gasteiger partial charge in [-0.3, -0.25) is 4.79 Å². The van der Waals surface area contributed by atoms with Crippen LogP contribution in [0, 0.1) is 12.7 Å². The Morgan fingerprint density at radius 3 is 2.86 bits per heavy atom. The maximum atomic E-state index is 13.2. The Balaban J connectivity index is 2.72. The highest BCUT2D eigenvalue weighted by atomic mass is 32.1. The molecule has 0 aliphatic carbocycles. The van der Waals surface area contributed by atoms with Gasteiger partial charge in [-0.1, -0.05) is 6.07 Å². The molecule has 1 rings (SSSR count). The Morgan fingerprint density at radius 1 is 1.57 bits per heavy atom. The summed E-state index contributed by atoms with van der Waals surface area (Å²) in [6.45, 7) is 1.79. The van der Waals surface area contributed by atoms with Crippen LogP contribution in [0.3, 0.4) is 0 Å². The number of amides is 1.